The van der Waals surface area contributed by atoms with E-state index >= 15 is 0 Å². The van der Waals surface area contributed by atoms with Gasteiger partial charge in [-0.1, -0.05) is 36.4 Å². The lowest BCUT2D eigenvalue weighted by Gasteiger charge is -2.51. The number of carbonyl (C=O) groups is 1. The molecular weight excluding hydrogens is 344 g/mol. The average molecular weight is 370 g/mol. The summed E-state index contributed by atoms with van der Waals surface area (Å²) in [5, 5.41) is 4.38. The Morgan fingerprint density at radius 2 is 1.64 bits per heavy atom. The molecule has 2 saturated carbocycles. The molecule has 0 radical (unpaired) electrons. The standard InChI is InChI=1S/C25H26N2O/c28-24(27-20-6-2-1-3-7-20)19-16-25(17-19)13-10-18(11-14-25)21-12-15-26-23-9-5-4-8-22(21)23/h1-9,12,15,18-19H,10-11,13-14,16-17H2,(H,27,28). The Hall–Kier alpha value is -2.68. The summed E-state index contributed by atoms with van der Waals surface area (Å²) in [6.07, 6.45) is 8.98. The fourth-order valence-electron chi connectivity index (χ4n) is 5.36. The molecule has 1 amide bonds. The zero-order valence-corrected chi connectivity index (χ0v) is 16.1. The summed E-state index contributed by atoms with van der Waals surface area (Å²) in [6.45, 7) is 0. The Morgan fingerprint density at radius 1 is 0.929 bits per heavy atom. The van der Waals surface area contributed by atoms with E-state index < -0.39 is 0 Å². The fraction of sp³-hybridized carbons (Fsp3) is 0.360. The van der Waals surface area contributed by atoms with Crippen molar-refractivity contribution in [3.63, 3.8) is 0 Å². The number of hydrogen-bond acceptors (Lipinski definition) is 2. The third kappa shape index (κ3) is 3.19. The fourth-order valence-corrected chi connectivity index (χ4v) is 5.36. The SMILES string of the molecule is O=C(Nc1ccccc1)C1CC2(CCC(c3ccnc4ccccc34)CC2)C1. The van der Waals surface area contributed by atoms with E-state index in [4.69, 9.17) is 0 Å². The Labute approximate surface area is 166 Å². The summed E-state index contributed by atoms with van der Waals surface area (Å²) in [5.74, 6) is 0.994. The van der Waals surface area contributed by atoms with Crippen molar-refractivity contribution in [2.24, 2.45) is 11.3 Å². The molecule has 28 heavy (non-hydrogen) atoms. The second-order valence-corrected chi connectivity index (χ2v) is 8.65. The lowest BCUT2D eigenvalue weighted by atomic mass is 9.54. The summed E-state index contributed by atoms with van der Waals surface area (Å²) in [4.78, 5) is 17.0. The summed E-state index contributed by atoms with van der Waals surface area (Å²) in [6, 6.07) is 20.5. The molecule has 0 aliphatic heterocycles. The van der Waals surface area contributed by atoms with Crippen molar-refractivity contribution < 1.29 is 4.79 Å². The third-order valence-electron chi connectivity index (χ3n) is 6.94. The van der Waals surface area contributed by atoms with Gasteiger partial charge in [0, 0.05) is 23.2 Å². The van der Waals surface area contributed by atoms with Crippen LogP contribution >= 0.6 is 0 Å². The van der Waals surface area contributed by atoms with E-state index in [1.807, 2.05) is 36.5 Å². The number of carbonyl (C=O) groups excluding carboxylic acids is 1. The second-order valence-electron chi connectivity index (χ2n) is 8.65. The number of amides is 1. The summed E-state index contributed by atoms with van der Waals surface area (Å²) < 4.78 is 0. The Kier molecular flexibility index (Phi) is 4.38. The molecule has 142 valence electrons. The number of nitrogens with zero attached hydrogens (tertiary/aromatic N) is 1. The normalized spacial score (nSPS) is 26.7. The van der Waals surface area contributed by atoms with Gasteiger partial charge < -0.3 is 5.32 Å². The molecule has 2 aliphatic carbocycles. The molecule has 3 heteroatoms. The average Bonchev–Trinajstić information content (AvgIpc) is 2.72. The minimum absolute atomic E-state index is 0.179. The first-order valence-electron chi connectivity index (χ1n) is 10.4. The van der Waals surface area contributed by atoms with E-state index in [0.717, 1.165) is 24.0 Å². The van der Waals surface area contributed by atoms with Crippen LogP contribution < -0.4 is 5.32 Å². The lowest BCUT2D eigenvalue weighted by Crippen LogP contribution is -2.45. The largest absolute Gasteiger partial charge is 0.326 e. The molecule has 2 fully saturated rings. The van der Waals surface area contributed by atoms with Crippen molar-refractivity contribution >= 4 is 22.5 Å². The topological polar surface area (TPSA) is 42.0 Å². The van der Waals surface area contributed by atoms with Crippen LogP contribution in [-0.4, -0.2) is 10.9 Å². The van der Waals surface area contributed by atoms with Gasteiger partial charge >= 0.3 is 0 Å². The highest BCUT2D eigenvalue weighted by atomic mass is 16.1. The number of fused-ring (bicyclic) bond motifs is 1. The first-order valence-corrected chi connectivity index (χ1v) is 10.4. The minimum Gasteiger partial charge on any atom is -0.326 e. The monoisotopic (exact) mass is 370 g/mol. The summed E-state index contributed by atoms with van der Waals surface area (Å²) >= 11 is 0. The van der Waals surface area contributed by atoms with Gasteiger partial charge in [0.15, 0.2) is 0 Å². The van der Waals surface area contributed by atoms with Gasteiger partial charge in [0.2, 0.25) is 5.91 Å². The third-order valence-corrected chi connectivity index (χ3v) is 6.94. The van der Waals surface area contributed by atoms with Gasteiger partial charge in [-0.05, 0) is 79.7 Å². The van der Waals surface area contributed by atoms with Crippen molar-refractivity contribution in [3.05, 3.63) is 72.4 Å². The first kappa shape index (κ1) is 17.4. The maximum absolute atomic E-state index is 12.5. The highest BCUT2D eigenvalue weighted by Gasteiger charge is 2.48. The van der Waals surface area contributed by atoms with Crippen LogP contribution in [0.5, 0.6) is 0 Å². The van der Waals surface area contributed by atoms with E-state index in [0.29, 0.717) is 11.3 Å². The molecule has 1 N–H and O–H groups in total. The first-order chi connectivity index (χ1) is 13.7. The van der Waals surface area contributed by atoms with E-state index in [2.05, 4.69) is 40.6 Å². The van der Waals surface area contributed by atoms with Crippen molar-refractivity contribution in [1.29, 1.82) is 0 Å². The number of pyridine rings is 1. The van der Waals surface area contributed by atoms with Gasteiger partial charge in [0.1, 0.15) is 0 Å². The minimum atomic E-state index is 0.179. The van der Waals surface area contributed by atoms with E-state index in [1.54, 1.807) is 0 Å². The van der Waals surface area contributed by atoms with Crippen LogP contribution in [-0.2, 0) is 4.79 Å². The molecule has 1 spiro atoms. The van der Waals surface area contributed by atoms with Crippen molar-refractivity contribution in [3.8, 4) is 0 Å². The molecule has 5 rings (SSSR count). The summed E-state index contributed by atoms with van der Waals surface area (Å²) in [7, 11) is 0. The van der Waals surface area contributed by atoms with Gasteiger partial charge in [0.25, 0.3) is 0 Å². The smallest absolute Gasteiger partial charge is 0.227 e. The van der Waals surface area contributed by atoms with Crippen molar-refractivity contribution in [1.82, 2.24) is 4.98 Å². The number of benzene rings is 2. The molecular formula is C25H26N2O. The molecule has 2 aliphatic rings. The Morgan fingerprint density at radius 3 is 2.43 bits per heavy atom. The van der Waals surface area contributed by atoms with Crippen molar-refractivity contribution in [2.45, 2.75) is 44.4 Å². The molecule has 1 aromatic heterocycles. The molecule has 0 atom stereocenters. The zero-order chi connectivity index (χ0) is 19.0. The molecule has 3 nitrogen and oxygen atoms in total. The van der Waals surface area contributed by atoms with E-state index in [9.17, 15) is 4.79 Å². The maximum Gasteiger partial charge on any atom is 0.227 e. The van der Waals surface area contributed by atoms with Gasteiger partial charge in [-0.3, -0.25) is 9.78 Å². The number of nitrogens with one attached hydrogen (secondary N) is 1. The van der Waals surface area contributed by atoms with E-state index in [-0.39, 0.29) is 11.8 Å². The quantitative estimate of drug-likeness (QED) is 0.621. The number of hydrogen-bond donors (Lipinski definition) is 1. The maximum atomic E-state index is 12.5. The number of anilines is 1. The van der Waals surface area contributed by atoms with Crippen LogP contribution in [0.15, 0.2) is 66.9 Å². The number of aromatic nitrogens is 1. The Balaban J connectivity index is 1.21. The van der Waals surface area contributed by atoms with Crippen LogP contribution in [0.4, 0.5) is 5.69 Å². The highest BCUT2D eigenvalue weighted by molar-refractivity contribution is 5.93. The van der Waals surface area contributed by atoms with E-state index in [1.165, 1.54) is 36.6 Å². The lowest BCUT2D eigenvalue weighted by molar-refractivity contribution is -0.128. The van der Waals surface area contributed by atoms with Gasteiger partial charge in [-0.2, -0.15) is 0 Å². The predicted octanol–water partition coefficient (Wildman–Crippen LogP) is 5.93. The molecule has 0 saturated heterocycles. The van der Waals surface area contributed by atoms with Gasteiger partial charge in [-0.25, -0.2) is 0 Å². The van der Waals surface area contributed by atoms with Gasteiger partial charge in [-0.15, -0.1) is 0 Å². The molecule has 3 aromatic rings. The number of rotatable bonds is 3. The van der Waals surface area contributed by atoms with Crippen LogP contribution in [0.1, 0.15) is 50.0 Å². The van der Waals surface area contributed by atoms with Crippen LogP contribution in [0, 0.1) is 11.3 Å². The predicted molar refractivity (Wildman–Crippen MR) is 113 cm³/mol. The molecule has 2 aromatic carbocycles. The zero-order valence-electron chi connectivity index (χ0n) is 16.1. The molecule has 1 heterocycles. The second kappa shape index (κ2) is 7.05. The van der Waals surface area contributed by atoms with Crippen LogP contribution in [0.2, 0.25) is 0 Å². The van der Waals surface area contributed by atoms with Crippen molar-refractivity contribution in [2.75, 3.05) is 5.32 Å². The van der Waals surface area contributed by atoms with Crippen LogP contribution in [0.25, 0.3) is 10.9 Å². The summed E-state index contributed by atoms with van der Waals surface area (Å²) in [5.41, 5.74) is 3.86. The van der Waals surface area contributed by atoms with Gasteiger partial charge in [0.05, 0.1) is 5.52 Å². The number of para-hydroxylation sites is 2. The molecule has 0 unspecified atom stereocenters. The highest BCUT2D eigenvalue weighted by Crippen LogP contribution is 2.57. The Bertz CT molecular complexity index is 976. The van der Waals surface area contributed by atoms with Crippen LogP contribution in [0.3, 0.4) is 0 Å². The molecule has 0 bridgehead atoms.